The Kier molecular flexibility index (Phi) is 6.40. The first kappa shape index (κ1) is 20.8. The minimum atomic E-state index is -1.76. The van der Waals surface area contributed by atoms with E-state index in [2.05, 4.69) is 40.8 Å². The molecule has 1 atom stereocenters. The van der Waals surface area contributed by atoms with Crippen molar-refractivity contribution in [1.29, 1.82) is 0 Å². The highest BCUT2D eigenvalue weighted by Gasteiger charge is 2.38. The van der Waals surface area contributed by atoms with E-state index in [0.29, 0.717) is 5.56 Å². The molecular formula is C22H30F2OSi. The van der Waals surface area contributed by atoms with Crippen LogP contribution in [-0.4, -0.2) is 14.4 Å². The zero-order valence-electron chi connectivity index (χ0n) is 16.7. The van der Waals surface area contributed by atoms with Gasteiger partial charge >= 0.3 is 0 Å². The molecule has 0 saturated heterocycles. The molecular weight excluding hydrogens is 346 g/mol. The Morgan fingerprint density at radius 3 is 2.00 bits per heavy atom. The molecule has 0 aliphatic heterocycles. The first-order chi connectivity index (χ1) is 12.0. The second-order valence-corrected chi connectivity index (χ2v) is 13.3. The highest BCUT2D eigenvalue weighted by molar-refractivity contribution is 6.74. The summed E-state index contributed by atoms with van der Waals surface area (Å²) in [4.78, 5) is 0. The van der Waals surface area contributed by atoms with Gasteiger partial charge < -0.3 is 4.43 Å². The summed E-state index contributed by atoms with van der Waals surface area (Å²) < 4.78 is 34.2. The van der Waals surface area contributed by atoms with Gasteiger partial charge in [0.25, 0.3) is 0 Å². The Labute approximate surface area is 157 Å². The Bertz CT molecular complexity index is 713. The third kappa shape index (κ3) is 5.01. The molecule has 0 heterocycles. The molecule has 0 unspecified atom stereocenters. The van der Waals surface area contributed by atoms with E-state index >= 15 is 0 Å². The van der Waals surface area contributed by atoms with E-state index in [1.165, 1.54) is 18.2 Å². The molecule has 0 fully saturated rings. The highest BCUT2D eigenvalue weighted by atomic mass is 28.4. The fourth-order valence-electron chi connectivity index (χ4n) is 2.72. The third-order valence-corrected chi connectivity index (χ3v) is 9.95. The molecule has 142 valence electrons. The maximum atomic E-state index is 13.9. The predicted molar refractivity (Wildman–Crippen MR) is 108 cm³/mol. The molecule has 0 aliphatic carbocycles. The maximum Gasteiger partial charge on any atom is 0.192 e. The van der Waals surface area contributed by atoms with Gasteiger partial charge in [-0.2, -0.15) is 0 Å². The minimum Gasteiger partial charge on any atom is -0.414 e. The number of rotatable bonds is 6. The Hall–Kier alpha value is -1.52. The van der Waals surface area contributed by atoms with Crippen LogP contribution in [0.4, 0.5) is 8.78 Å². The van der Waals surface area contributed by atoms with Gasteiger partial charge in [-0.15, -0.1) is 0 Å². The first-order valence-electron chi connectivity index (χ1n) is 9.22. The van der Waals surface area contributed by atoms with Gasteiger partial charge in [-0.25, -0.2) is 8.78 Å². The monoisotopic (exact) mass is 376 g/mol. The topological polar surface area (TPSA) is 9.23 Å². The van der Waals surface area contributed by atoms with E-state index in [0.717, 1.165) is 18.4 Å². The van der Waals surface area contributed by atoms with Crippen LogP contribution in [0.15, 0.2) is 42.5 Å². The van der Waals surface area contributed by atoms with Crippen LogP contribution in [0.2, 0.25) is 18.1 Å². The average molecular weight is 377 g/mol. The number of benzene rings is 2. The highest BCUT2D eigenvalue weighted by Crippen LogP contribution is 2.37. The molecule has 0 N–H and O–H groups in total. The molecule has 1 nitrogen and oxygen atoms in total. The number of hydrogen-bond donors (Lipinski definition) is 0. The van der Waals surface area contributed by atoms with Crippen LogP contribution in [0.3, 0.4) is 0 Å². The van der Waals surface area contributed by atoms with E-state index < -0.39 is 20.0 Å². The lowest BCUT2D eigenvalue weighted by molar-refractivity contribution is 0.189. The van der Waals surface area contributed by atoms with Crippen LogP contribution in [-0.2, 0) is 10.8 Å². The summed E-state index contributed by atoms with van der Waals surface area (Å²) in [5.74, 6) is -1.07. The van der Waals surface area contributed by atoms with Crippen molar-refractivity contribution in [2.75, 3.05) is 0 Å². The predicted octanol–water partition coefficient (Wildman–Crippen LogP) is 6.97. The summed E-state index contributed by atoms with van der Waals surface area (Å²) >= 11 is 0. The molecule has 0 spiro atoms. The maximum absolute atomic E-state index is 13.9. The van der Waals surface area contributed by atoms with Crippen LogP contribution in [0, 0.1) is 11.6 Å². The van der Waals surface area contributed by atoms with E-state index in [-0.39, 0.29) is 16.7 Å². The summed E-state index contributed by atoms with van der Waals surface area (Å²) in [5.41, 5.74) is 1.75. The summed E-state index contributed by atoms with van der Waals surface area (Å²) in [6.45, 7) is 13.4. The molecule has 2 rings (SSSR count). The Balaban J connectivity index is 2.00. The van der Waals surface area contributed by atoms with Crippen LogP contribution < -0.4 is 0 Å². The quantitative estimate of drug-likeness (QED) is 0.494. The first-order valence-corrected chi connectivity index (χ1v) is 12.1. The molecule has 4 heteroatoms. The van der Waals surface area contributed by atoms with E-state index in [9.17, 15) is 8.78 Å². The number of aryl methyl sites for hydroxylation is 1. The van der Waals surface area contributed by atoms with Gasteiger partial charge in [0.1, 0.15) is 11.6 Å². The standard InChI is InChI=1S/C22H30F2OSi/c1-16(25-26(5,6)22(2,3)4)10-11-17-12-14-18(15-13-17)21-19(23)8-7-9-20(21)24/h7-9,12-16H,10-11H2,1-6H3/t16-/m1/s1. The zero-order valence-corrected chi connectivity index (χ0v) is 17.7. The number of hydrogen-bond acceptors (Lipinski definition) is 1. The third-order valence-electron chi connectivity index (χ3n) is 5.35. The van der Waals surface area contributed by atoms with E-state index in [1.54, 1.807) is 12.1 Å². The molecule has 0 aliphatic rings. The molecule has 2 aromatic rings. The molecule has 0 saturated carbocycles. The van der Waals surface area contributed by atoms with Crippen molar-refractivity contribution in [1.82, 2.24) is 0 Å². The fraction of sp³-hybridized carbons (Fsp3) is 0.455. The SMILES string of the molecule is C[C@H](CCc1ccc(-c2c(F)cccc2F)cc1)O[Si](C)(C)C(C)(C)C. The molecule has 0 radical (unpaired) electrons. The van der Waals surface area contributed by atoms with E-state index in [4.69, 9.17) is 4.43 Å². The summed E-state index contributed by atoms with van der Waals surface area (Å²) in [7, 11) is -1.76. The van der Waals surface area contributed by atoms with Crippen molar-refractivity contribution in [2.24, 2.45) is 0 Å². The largest absolute Gasteiger partial charge is 0.414 e. The summed E-state index contributed by atoms with van der Waals surface area (Å²) in [5, 5.41) is 0.201. The lowest BCUT2D eigenvalue weighted by atomic mass is 10.0. The second-order valence-electron chi connectivity index (χ2n) is 8.52. The van der Waals surface area contributed by atoms with Crippen molar-refractivity contribution in [3.8, 4) is 11.1 Å². The van der Waals surface area contributed by atoms with E-state index in [1.807, 2.05) is 12.1 Å². The van der Waals surface area contributed by atoms with Crippen LogP contribution in [0.5, 0.6) is 0 Å². The molecule has 0 aromatic heterocycles. The Morgan fingerprint density at radius 1 is 0.962 bits per heavy atom. The van der Waals surface area contributed by atoms with Crippen molar-refractivity contribution < 1.29 is 13.2 Å². The van der Waals surface area contributed by atoms with Gasteiger partial charge in [0.15, 0.2) is 8.32 Å². The Morgan fingerprint density at radius 2 is 1.50 bits per heavy atom. The van der Waals surface area contributed by atoms with Gasteiger partial charge in [0.2, 0.25) is 0 Å². The van der Waals surface area contributed by atoms with Crippen LogP contribution in [0.25, 0.3) is 11.1 Å². The van der Waals surface area contributed by atoms with Gasteiger partial charge in [-0.1, -0.05) is 51.1 Å². The fourth-order valence-corrected chi connectivity index (χ4v) is 4.20. The normalized spacial score (nSPS) is 13.7. The van der Waals surface area contributed by atoms with Crippen molar-refractivity contribution in [3.63, 3.8) is 0 Å². The lowest BCUT2D eigenvalue weighted by Gasteiger charge is -2.38. The zero-order chi connectivity index (χ0) is 19.5. The van der Waals surface area contributed by atoms with Crippen LogP contribution >= 0.6 is 0 Å². The molecule has 26 heavy (non-hydrogen) atoms. The smallest absolute Gasteiger partial charge is 0.192 e. The van der Waals surface area contributed by atoms with Crippen molar-refractivity contribution in [2.45, 2.75) is 64.8 Å². The molecule has 0 amide bonds. The minimum absolute atomic E-state index is 0.0358. The lowest BCUT2D eigenvalue weighted by Crippen LogP contribution is -2.43. The van der Waals surface area contributed by atoms with Gasteiger partial charge in [-0.05, 0) is 61.2 Å². The number of halogens is 2. The van der Waals surface area contributed by atoms with Crippen LogP contribution in [0.1, 0.15) is 39.7 Å². The molecule has 0 bridgehead atoms. The second kappa shape index (κ2) is 8.01. The summed E-state index contributed by atoms with van der Waals surface area (Å²) in [6, 6.07) is 11.4. The van der Waals surface area contributed by atoms with Crippen molar-refractivity contribution >= 4 is 8.32 Å². The van der Waals surface area contributed by atoms with Gasteiger partial charge in [-0.3, -0.25) is 0 Å². The van der Waals surface area contributed by atoms with Crippen molar-refractivity contribution in [3.05, 3.63) is 59.7 Å². The molecule has 2 aromatic carbocycles. The summed E-state index contributed by atoms with van der Waals surface area (Å²) in [6.07, 6.45) is 2.01. The van der Waals surface area contributed by atoms with Gasteiger partial charge in [0.05, 0.1) is 5.56 Å². The average Bonchev–Trinajstić information content (AvgIpc) is 2.52. The van der Waals surface area contributed by atoms with Gasteiger partial charge in [0, 0.05) is 6.10 Å².